The topological polar surface area (TPSA) is 87.0 Å². The van der Waals surface area contributed by atoms with Crippen LogP contribution in [-0.2, 0) is 4.79 Å². The fourth-order valence-electron chi connectivity index (χ4n) is 3.70. The van der Waals surface area contributed by atoms with E-state index >= 15 is 0 Å². The standard InChI is InChI=1S/C23H36N4O4S/c1-5-25(6-2)22(28)17-24-11-7-12-26(14-13-24)23(29)19-8-9-21(20(16-19)27(30)31)32-15-10-18(3)4/h8-9,16,18H,5-7,10-15,17H2,1-4H3. The summed E-state index contributed by atoms with van der Waals surface area (Å²) in [5.74, 6) is 1.26. The van der Waals surface area contributed by atoms with Crippen molar-refractivity contribution in [3.05, 3.63) is 33.9 Å². The minimum Gasteiger partial charge on any atom is -0.342 e. The lowest BCUT2D eigenvalue weighted by Gasteiger charge is -2.25. The van der Waals surface area contributed by atoms with E-state index in [-0.39, 0.29) is 17.5 Å². The van der Waals surface area contributed by atoms with Crippen LogP contribution in [0.1, 0.15) is 50.9 Å². The van der Waals surface area contributed by atoms with Gasteiger partial charge in [0.2, 0.25) is 5.91 Å². The van der Waals surface area contributed by atoms with Crippen LogP contribution in [0.15, 0.2) is 23.1 Å². The van der Waals surface area contributed by atoms with Gasteiger partial charge in [-0.3, -0.25) is 24.6 Å². The van der Waals surface area contributed by atoms with Gasteiger partial charge in [0.05, 0.1) is 16.4 Å². The quantitative estimate of drug-likeness (QED) is 0.298. The van der Waals surface area contributed by atoms with E-state index in [4.69, 9.17) is 0 Å². The molecule has 0 aliphatic carbocycles. The van der Waals surface area contributed by atoms with E-state index < -0.39 is 4.92 Å². The molecule has 1 fully saturated rings. The molecule has 0 aromatic heterocycles. The molecular formula is C23H36N4O4S. The van der Waals surface area contributed by atoms with E-state index in [0.717, 1.165) is 25.1 Å². The Morgan fingerprint density at radius 2 is 1.88 bits per heavy atom. The lowest BCUT2D eigenvalue weighted by Crippen LogP contribution is -2.42. The van der Waals surface area contributed by atoms with Gasteiger partial charge in [-0.1, -0.05) is 13.8 Å². The zero-order valence-corrected chi connectivity index (χ0v) is 20.5. The number of rotatable bonds is 10. The maximum atomic E-state index is 13.1. The van der Waals surface area contributed by atoms with Crippen LogP contribution in [0.25, 0.3) is 0 Å². The Bertz CT molecular complexity index is 798. The number of nitro groups is 1. The first-order chi connectivity index (χ1) is 15.3. The summed E-state index contributed by atoms with van der Waals surface area (Å²) in [6.45, 7) is 12.4. The number of thioether (sulfide) groups is 1. The highest BCUT2D eigenvalue weighted by Crippen LogP contribution is 2.31. The van der Waals surface area contributed by atoms with Crippen molar-refractivity contribution in [3.8, 4) is 0 Å². The molecule has 32 heavy (non-hydrogen) atoms. The summed E-state index contributed by atoms with van der Waals surface area (Å²) in [5.41, 5.74) is 0.337. The van der Waals surface area contributed by atoms with E-state index in [1.165, 1.54) is 17.8 Å². The number of benzene rings is 1. The number of amides is 2. The fourth-order valence-corrected chi connectivity index (χ4v) is 4.96. The molecule has 1 aliphatic rings. The van der Waals surface area contributed by atoms with Crippen LogP contribution in [0.4, 0.5) is 5.69 Å². The maximum absolute atomic E-state index is 13.1. The van der Waals surface area contributed by atoms with Gasteiger partial charge in [-0.2, -0.15) is 0 Å². The predicted octanol–water partition coefficient (Wildman–Crippen LogP) is 3.75. The summed E-state index contributed by atoms with van der Waals surface area (Å²) in [7, 11) is 0. The highest BCUT2D eigenvalue weighted by molar-refractivity contribution is 7.99. The minimum absolute atomic E-state index is 0.00845. The number of hydrogen-bond acceptors (Lipinski definition) is 6. The number of carbonyl (C=O) groups is 2. The number of likely N-dealkylation sites (N-methyl/N-ethyl adjacent to an activating group) is 1. The lowest BCUT2D eigenvalue weighted by molar-refractivity contribution is -0.387. The van der Waals surface area contributed by atoms with Crippen molar-refractivity contribution < 1.29 is 14.5 Å². The molecule has 178 valence electrons. The first kappa shape index (κ1) is 26.1. The van der Waals surface area contributed by atoms with Crippen LogP contribution < -0.4 is 0 Å². The summed E-state index contributed by atoms with van der Waals surface area (Å²) in [6, 6.07) is 4.80. The first-order valence-electron chi connectivity index (χ1n) is 11.5. The molecule has 0 atom stereocenters. The monoisotopic (exact) mass is 464 g/mol. The molecule has 1 aromatic rings. The van der Waals surface area contributed by atoms with Crippen molar-refractivity contribution in [3.63, 3.8) is 0 Å². The van der Waals surface area contributed by atoms with Crippen LogP contribution in [0.5, 0.6) is 0 Å². The van der Waals surface area contributed by atoms with Crippen LogP contribution in [-0.4, -0.2) is 83.0 Å². The third-order valence-corrected chi connectivity index (χ3v) is 6.80. The van der Waals surface area contributed by atoms with Crippen LogP contribution in [0.2, 0.25) is 0 Å². The zero-order chi connectivity index (χ0) is 23.7. The van der Waals surface area contributed by atoms with Gasteiger partial charge in [0, 0.05) is 50.9 Å². The first-order valence-corrected chi connectivity index (χ1v) is 12.5. The Hall–Kier alpha value is -2.13. The van der Waals surface area contributed by atoms with Crippen LogP contribution >= 0.6 is 11.8 Å². The van der Waals surface area contributed by atoms with Gasteiger partial charge >= 0.3 is 0 Å². The van der Waals surface area contributed by atoms with Gasteiger partial charge < -0.3 is 9.80 Å². The molecule has 2 amide bonds. The second kappa shape index (κ2) is 12.8. The molecule has 1 heterocycles. The summed E-state index contributed by atoms with van der Waals surface area (Å²) < 4.78 is 0. The summed E-state index contributed by atoms with van der Waals surface area (Å²) in [6.07, 6.45) is 1.74. The molecule has 1 aromatic carbocycles. The number of nitrogens with zero attached hydrogens (tertiary/aromatic N) is 4. The maximum Gasteiger partial charge on any atom is 0.283 e. The molecule has 1 saturated heterocycles. The molecule has 0 bridgehead atoms. The van der Waals surface area contributed by atoms with Gasteiger partial charge in [0.1, 0.15) is 0 Å². The van der Waals surface area contributed by atoms with Gasteiger partial charge in [-0.05, 0) is 50.5 Å². The van der Waals surface area contributed by atoms with Crippen molar-refractivity contribution in [2.45, 2.75) is 45.4 Å². The molecule has 8 nitrogen and oxygen atoms in total. The zero-order valence-electron chi connectivity index (χ0n) is 19.7. The molecule has 2 rings (SSSR count). The summed E-state index contributed by atoms with van der Waals surface area (Å²) >= 11 is 1.47. The minimum atomic E-state index is -0.405. The smallest absolute Gasteiger partial charge is 0.283 e. The van der Waals surface area contributed by atoms with E-state index in [1.807, 2.05) is 18.7 Å². The number of hydrogen-bond donors (Lipinski definition) is 0. The second-order valence-corrected chi connectivity index (χ2v) is 9.60. The average Bonchev–Trinajstić information content (AvgIpc) is 2.99. The van der Waals surface area contributed by atoms with Gasteiger partial charge in [0.25, 0.3) is 11.6 Å². The third-order valence-electron chi connectivity index (χ3n) is 5.71. The fraction of sp³-hybridized carbons (Fsp3) is 0.652. The molecule has 0 radical (unpaired) electrons. The highest BCUT2D eigenvalue weighted by Gasteiger charge is 2.25. The van der Waals surface area contributed by atoms with Crippen molar-refractivity contribution in [1.82, 2.24) is 14.7 Å². The SMILES string of the molecule is CCN(CC)C(=O)CN1CCCN(C(=O)c2ccc(SCCC(C)C)c([N+](=O)[O-])c2)CC1. The van der Waals surface area contributed by atoms with Gasteiger partial charge in [-0.15, -0.1) is 11.8 Å². The van der Waals surface area contributed by atoms with E-state index in [0.29, 0.717) is 55.6 Å². The van der Waals surface area contributed by atoms with Gasteiger partial charge in [0.15, 0.2) is 0 Å². The van der Waals surface area contributed by atoms with Crippen molar-refractivity contribution in [2.75, 3.05) is 51.6 Å². The molecule has 0 unspecified atom stereocenters. The predicted molar refractivity (Wildman–Crippen MR) is 128 cm³/mol. The van der Waals surface area contributed by atoms with Crippen molar-refractivity contribution in [2.24, 2.45) is 5.92 Å². The summed E-state index contributed by atoms with van der Waals surface area (Å²) in [4.78, 5) is 42.9. The summed E-state index contributed by atoms with van der Waals surface area (Å²) in [5, 5.41) is 11.6. The van der Waals surface area contributed by atoms with Gasteiger partial charge in [-0.25, -0.2) is 0 Å². The normalized spacial score (nSPS) is 15.0. The number of nitro benzene ring substituents is 1. The molecular weight excluding hydrogens is 428 g/mol. The van der Waals surface area contributed by atoms with E-state index in [1.54, 1.807) is 17.0 Å². The molecule has 0 spiro atoms. The molecule has 9 heteroatoms. The van der Waals surface area contributed by atoms with E-state index in [2.05, 4.69) is 18.7 Å². The Kier molecular flexibility index (Phi) is 10.4. The molecule has 0 N–H and O–H groups in total. The Balaban J connectivity index is 2.03. The van der Waals surface area contributed by atoms with Crippen LogP contribution in [0, 0.1) is 16.0 Å². The Labute approximate surface area is 195 Å². The van der Waals surface area contributed by atoms with Crippen molar-refractivity contribution in [1.29, 1.82) is 0 Å². The van der Waals surface area contributed by atoms with E-state index in [9.17, 15) is 19.7 Å². The largest absolute Gasteiger partial charge is 0.342 e. The molecule has 1 aliphatic heterocycles. The number of carbonyl (C=O) groups excluding carboxylic acids is 2. The van der Waals surface area contributed by atoms with Crippen molar-refractivity contribution >= 4 is 29.3 Å². The average molecular weight is 465 g/mol. The lowest BCUT2D eigenvalue weighted by atomic mass is 10.1. The molecule has 0 saturated carbocycles. The third kappa shape index (κ3) is 7.48. The Morgan fingerprint density at radius 1 is 1.16 bits per heavy atom. The van der Waals surface area contributed by atoms with Crippen LogP contribution in [0.3, 0.4) is 0 Å². The second-order valence-electron chi connectivity index (χ2n) is 8.46. The highest BCUT2D eigenvalue weighted by atomic mass is 32.2. The Morgan fingerprint density at radius 3 is 2.50 bits per heavy atom.